The van der Waals surface area contributed by atoms with E-state index in [2.05, 4.69) is 26.0 Å². The average molecular weight is 443 g/mol. The van der Waals surface area contributed by atoms with Crippen LogP contribution in [0, 0.1) is 0 Å². The van der Waals surface area contributed by atoms with Crippen molar-refractivity contribution in [2.45, 2.75) is 17.9 Å². The second kappa shape index (κ2) is 8.52. The smallest absolute Gasteiger partial charge is 0.242 e. The number of carbonyl (C=O) groups is 1. The van der Waals surface area contributed by atoms with Gasteiger partial charge in [0.1, 0.15) is 0 Å². The average Bonchev–Trinajstić information content (AvgIpc) is 2.62. The van der Waals surface area contributed by atoms with E-state index in [-0.39, 0.29) is 10.6 Å². The Balaban J connectivity index is 2.15. The zero-order valence-corrected chi connectivity index (χ0v) is 16.8. The van der Waals surface area contributed by atoms with Crippen molar-refractivity contribution in [1.82, 2.24) is 4.72 Å². The van der Waals surface area contributed by atoms with Crippen molar-refractivity contribution in [1.29, 1.82) is 0 Å². The van der Waals surface area contributed by atoms with Gasteiger partial charge in [0.05, 0.1) is 30.8 Å². The van der Waals surface area contributed by atoms with Crippen LogP contribution in [-0.4, -0.2) is 34.6 Å². The third-order valence-corrected chi connectivity index (χ3v) is 5.75. The first kappa shape index (κ1) is 20.2. The predicted octanol–water partition coefficient (Wildman–Crippen LogP) is 2.77. The summed E-state index contributed by atoms with van der Waals surface area (Å²) in [6.45, 7) is 1.46. The second-order valence-corrected chi connectivity index (χ2v) is 7.90. The predicted molar refractivity (Wildman–Crippen MR) is 102 cm³/mol. The number of benzene rings is 2. The molecule has 9 heteroatoms. The lowest BCUT2D eigenvalue weighted by atomic mass is 10.3. The highest BCUT2D eigenvalue weighted by molar-refractivity contribution is 9.10. The standard InChI is InChI=1S/C17H19BrN2O5S/c1-11(17(21)19-14-7-5-4-6-13(14)18)20-26(22,23)12-8-9-15(24-2)16(10-12)25-3/h4-11,20H,1-3H3,(H,19,21)/t11-/m1/s1. The van der Waals surface area contributed by atoms with Gasteiger partial charge in [-0.05, 0) is 47.1 Å². The van der Waals surface area contributed by atoms with Crippen molar-refractivity contribution in [3.8, 4) is 11.5 Å². The molecule has 0 aliphatic carbocycles. The first-order valence-electron chi connectivity index (χ1n) is 7.58. The van der Waals surface area contributed by atoms with E-state index in [1.807, 2.05) is 6.07 Å². The third kappa shape index (κ3) is 4.75. The van der Waals surface area contributed by atoms with Crippen molar-refractivity contribution in [3.05, 3.63) is 46.9 Å². The molecule has 0 aliphatic heterocycles. The minimum Gasteiger partial charge on any atom is -0.493 e. The van der Waals surface area contributed by atoms with Crippen molar-refractivity contribution in [3.63, 3.8) is 0 Å². The first-order chi connectivity index (χ1) is 12.3. The maximum atomic E-state index is 12.5. The highest BCUT2D eigenvalue weighted by atomic mass is 79.9. The first-order valence-corrected chi connectivity index (χ1v) is 9.86. The molecule has 2 aromatic rings. The van der Waals surface area contributed by atoms with Gasteiger partial charge in [-0.25, -0.2) is 8.42 Å². The van der Waals surface area contributed by atoms with Gasteiger partial charge in [-0.15, -0.1) is 0 Å². The Hall–Kier alpha value is -2.10. The second-order valence-electron chi connectivity index (χ2n) is 5.33. The van der Waals surface area contributed by atoms with Gasteiger partial charge in [-0.1, -0.05) is 12.1 Å². The number of methoxy groups -OCH3 is 2. The summed E-state index contributed by atoms with van der Waals surface area (Å²) in [4.78, 5) is 12.3. The molecule has 2 rings (SSSR count). The molecule has 0 aromatic heterocycles. The summed E-state index contributed by atoms with van der Waals surface area (Å²) in [5.41, 5.74) is 0.551. The number of ether oxygens (including phenoxy) is 2. The van der Waals surface area contributed by atoms with Crippen LogP contribution in [0.25, 0.3) is 0 Å². The normalized spacial score (nSPS) is 12.3. The fraction of sp³-hybridized carbons (Fsp3) is 0.235. The number of carbonyl (C=O) groups excluding carboxylic acids is 1. The lowest BCUT2D eigenvalue weighted by molar-refractivity contribution is -0.117. The molecule has 1 atom stereocenters. The van der Waals surface area contributed by atoms with E-state index < -0.39 is 22.0 Å². The number of sulfonamides is 1. The molecule has 140 valence electrons. The van der Waals surface area contributed by atoms with Gasteiger partial charge in [0, 0.05) is 10.5 Å². The van der Waals surface area contributed by atoms with E-state index in [1.54, 1.807) is 18.2 Å². The fourth-order valence-electron chi connectivity index (χ4n) is 2.14. The molecule has 26 heavy (non-hydrogen) atoms. The summed E-state index contributed by atoms with van der Waals surface area (Å²) in [5.74, 6) is 0.202. The molecule has 0 unspecified atom stereocenters. The minimum absolute atomic E-state index is 0.0318. The molecule has 0 saturated carbocycles. The molecular weight excluding hydrogens is 424 g/mol. The SMILES string of the molecule is COc1ccc(S(=O)(=O)N[C@H](C)C(=O)Nc2ccccc2Br)cc1OC. The zero-order chi connectivity index (χ0) is 19.3. The number of nitrogens with one attached hydrogen (secondary N) is 2. The molecule has 1 amide bonds. The number of amides is 1. The van der Waals surface area contributed by atoms with E-state index in [4.69, 9.17) is 9.47 Å². The van der Waals surface area contributed by atoms with Gasteiger partial charge in [0.2, 0.25) is 15.9 Å². The molecule has 0 fully saturated rings. The largest absolute Gasteiger partial charge is 0.493 e. The van der Waals surface area contributed by atoms with E-state index in [9.17, 15) is 13.2 Å². The minimum atomic E-state index is -3.92. The van der Waals surface area contributed by atoms with Crippen LogP contribution in [0.3, 0.4) is 0 Å². The quantitative estimate of drug-likeness (QED) is 0.687. The number of anilines is 1. The molecule has 0 radical (unpaired) electrons. The van der Waals surface area contributed by atoms with Crippen molar-refractivity contribution in [2.75, 3.05) is 19.5 Å². The monoisotopic (exact) mass is 442 g/mol. The fourth-order valence-corrected chi connectivity index (χ4v) is 3.74. The number of hydrogen-bond acceptors (Lipinski definition) is 5. The molecule has 0 bridgehead atoms. The van der Waals surface area contributed by atoms with Crippen LogP contribution >= 0.6 is 15.9 Å². The highest BCUT2D eigenvalue weighted by Crippen LogP contribution is 2.29. The summed E-state index contributed by atoms with van der Waals surface area (Å²) in [5, 5.41) is 2.67. The van der Waals surface area contributed by atoms with Gasteiger partial charge in [0.25, 0.3) is 0 Å². The number of halogens is 1. The van der Waals surface area contributed by atoms with Crippen LogP contribution in [0.2, 0.25) is 0 Å². The topological polar surface area (TPSA) is 93.7 Å². The van der Waals surface area contributed by atoms with Crippen molar-refractivity contribution < 1.29 is 22.7 Å². The molecule has 0 heterocycles. The molecule has 0 saturated heterocycles. The van der Waals surface area contributed by atoms with Crippen LogP contribution in [0.15, 0.2) is 51.8 Å². The van der Waals surface area contributed by atoms with Gasteiger partial charge >= 0.3 is 0 Å². The molecule has 0 spiro atoms. The van der Waals surface area contributed by atoms with Crippen molar-refractivity contribution >= 4 is 37.5 Å². The summed E-state index contributed by atoms with van der Waals surface area (Å²) in [6.07, 6.45) is 0. The molecule has 2 N–H and O–H groups in total. The number of para-hydroxylation sites is 1. The summed E-state index contributed by atoms with van der Waals surface area (Å²) in [7, 11) is -1.05. The Kier molecular flexibility index (Phi) is 6.63. The van der Waals surface area contributed by atoms with E-state index >= 15 is 0 Å². The van der Waals surface area contributed by atoms with Gasteiger partial charge in [-0.2, -0.15) is 4.72 Å². The Morgan fingerprint density at radius 2 is 1.73 bits per heavy atom. The number of hydrogen-bond donors (Lipinski definition) is 2. The van der Waals surface area contributed by atoms with Gasteiger partial charge < -0.3 is 14.8 Å². The Labute approximate surface area is 160 Å². The molecular formula is C17H19BrN2O5S. The van der Waals surface area contributed by atoms with Gasteiger partial charge in [-0.3, -0.25) is 4.79 Å². The lowest BCUT2D eigenvalue weighted by Gasteiger charge is -2.16. The van der Waals surface area contributed by atoms with E-state index in [0.717, 1.165) is 0 Å². The summed E-state index contributed by atoms with van der Waals surface area (Å²) >= 11 is 3.32. The van der Waals surface area contributed by atoms with Crippen LogP contribution in [0.1, 0.15) is 6.92 Å². The maximum absolute atomic E-state index is 12.5. The van der Waals surface area contributed by atoms with Crippen LogP contribution in [0.5, 0.6) is 11.5 Å². The van der Waals surface area contributed by atoms with Crippen molar-refractivity contribution in [2.24, 2.45) is 0 Å². The Morgan fingerprint density at radius 3 is 2.35 bits per heavy atom. The van der Waals surface area contributed by atoms with Crippen LogP contribution in [0.4, 0.5) is 5.69 Å². The van der Waals surface area contributed by atoms with E-state index in [1.165, 1.54) is 39.3 Å². The molecule has 7 nitrogen and oxygen atoms in total. The molecule has 0 aliphatic rings. The van der Waals surface area contributed by atoms with Gasteiger partial charge in [0.15, 0.2) is 11.5 Å². The lowest BCUT2D eigenvalue weighted by Crippen LogP contribution is -2.41. The van der Waals surface area contributed by atoms with Crippen LogP contribution < -0.4 is 19.5 Å². The zero-order valence-electron chi connectivity index (χ0n) is 14.4. The highest BCUT2D eigenvalue weighted by Gasteiger charge is 2.23. The summed E-state index contributed by atoms with van der Waals surface area (Å²) in [6, 6.07) is 10.3. The maximum Gasteiger partial charge on any atom is 0.242 e. The third-order valence-electron chi connectivity index (χ3n) is 3.52. The van der Waals surface area contributed by atoms with E-state index in [0.29, 0.717) is 15.9 Å². The molecule has 2 aromatic carbocycles. The Morgan fingerprint density at radius 1 is 1.08 bits per heavy atom. The number of rotatable bonds is 7. The Bertz CT molecular complexity index is 902. The summed E-state index contributed by atoms with van der Waals surface area (Å²) < 4.78 is 38.3. The van der Waals surface area contributed by atoms with Crippen LogP contribution in [-0.2, 0) is 14.8 Å².